The lowest BCUT2D eigenvalue weighted by atomic mass is 9.67. The van der Waals surface area contributed by atoms with E-state index in [2.05, 4.69) is 25.6 Å². The molecule has 0 radical (unpaired) electrons. The van der Waals surface area contributed by atoms with Gasteiger partial charge in [0.2, 0.25) is 0 Å². The Labute approximate surface area is 92.2 Å². The molecule has 1 aliphatic rings. The number of rotatable bonds is 2. The molecule has 1 fully saturated rings. The van der Waals surface area contributed by atoms with Gasteiger partial charge in [0, 0.05) is 0 Å². The highest BCUT2D eigenvalue weighted by molar-refractivity contribution is 5.11. The molecular formula is C13H18N2. The lowest BCUT2D eigenvalue weighted by molar-refractivity contribution is 0.196. The molecule has 0 N–H and O–H groups in total. The third kappa shape index (κ3) is 2.60. The molecule has 2 nitrogen and oxygen atoms in total. The zero-order chi connectivity index (χ0) is 11.4. The molecule has 0 amide bonds. The molecular weight excluding hydrogens is 184 g/mol. The minimum Gasteiger partial charge on any atom is -0.197 e. The van der Waals surface area contributed by atoms with E-state index in [9.17, 15) is 0 Å². The van der Waals surface area contributed by atoms with E-state index in [0.717, 1.165) is 18.4 Å². The summed E-state index contributed by atoms with van der Waals surface area (Å²) in [4.78, 5) is 0. The maximum Gasteiger partial charge on any atom is 0.136 e. The van der Waals surface area contributed by atoms with E-state index in [1.165, 1.54) is 6.42 Å². The Morgan fingerprint density at radius 1 is 1.33 bits per heavy atom. The van der Waals surface area contributed by atoms with Gasteiger partial charge in [-0.05, 0) is 37.5 Å². The first-order valence-electron chi connectivity index (χ1n) is 5.54. The van der Waals surface area contributed by atoms with Crippen LogP contribution in [0.25, 0.3) is 0 Å². The average molecular weight is 202 g/mol. The summed E-state index contributed by atoms with van der Waals surface area (Å²) in [5.74, 6) is 0.732. The molecule has 0 bridgehead atoms. The van der Waals surface area contributed by atoms with Gasteiger partial charge in [0.05, 0.1) is 12.1 Å². The van der Waals surface area contributed by atoms with Gasteiger partial charge in [-0.1, -0.05) is 25.5 Å². The van der Waals surface area contributed by atoms with E-state index in [1.54, 1.807) is 0 Å². The van der Waals surface area contributed by atoms with Crippen LogP contribution in [0.15, 0.2) is 12.2 Å². The summed E-state index contributed by atoms with van der Waals surface area (Å²) < 4.78 is 0. The molecule has 0 spiro atoms. The van der Waals surface area contributed by atoms with Crippen molar-refractivity contribution in [3.8, 4) is 12.1 Å². The number of nitriles is 2. The highest BCUT2D eigenvalue weighted by Gasteiger charge is 2.34. The zero-order valence-corrected chi connectivity index (χ0v) is 9.53. The summed E-state index contributed by atoms with van der Waals surface area (Å²) in [6.07, 6.45) is 3.27. The Bertz CT molecular complexity index is 304. The molecule has 15 heavy (non-hydrogen) atoms. The third-order valence-corrected chi connectivity index (χ3v) is 3.50. The molecule has 0 unspecified atom stereocenters. The van der Waals surface area contributed by atoms with Gasteiger partial charge in [-0.3, -0.25) is 0 Å². The number of allylic oxidation sites excluding steroid dienone is 1. The standard InChI is InChI=1S/C13H18N2/c1-9(2)12-5-4-10(3)6-13(12)11(7-14)8-15/h10-13H,1,4-6H2,2-3H3/t10-,12+,13+/m0/s1. The van der Waals surface area contributed by atoms with Gasteiger partial charge in [0.15, 0.2) is 0 Å². The quantitative estimate of drug-likeness (QED) is 0.645. The minimum absolute atomic E-state index is 0.196. The van der Waals surface area contributed by atoms with Crippen molar-refractivity contribution in [2.24, 2.45) is 23.7 Å². The van der Waals surface area contributed by atoms with Gasteiger partial charge in [-0.2, -0.15) is 10.5 Å². The van der Waals surface area contributed by atoms with Crippen molar-refractivity contribution in [2.45, 2.75) is 33.1 Å². The van der Waals surface area contributed by atoms with E-state index in [0.29, 0.717) is 11.8 Å². The molecule has 0 aliphatic heterocycles. The molecule has 1 aliphatic carbocycles. The second kappa shape index (κ2) is 4.99. The molecule has 2 heteroatoms. The largest absolute Gasteiger partial charge is 0.197 e. The van der Waals surface area contributed by atoms with Crippen molar-refractivity contribution in [2.75, 3.05) is 0 Å². The summed E-state index contributed by atoms with van der Waals surface area (Å²) in [5.41, 5.74) is 1.13. The molecule has 0 aromatic rings. The Morgan fingerprint density at radius 2 is 1.93 bits per heavy atom. The average Bonchev–Trinajstić information content (AvgIpc) is 2.19. The fourth-order valence-electron chi connectivity index (χ4n) is 2.63. The molecule has 0 aromatic carbocycles. The van der Waals surface area contributed by atoms with Gasteiger partial charge in [-0.15, -0.1) is 0 Å². The van der Waals surface area contributed by atoms with Gasteiger partial charge >= 0.3 is 0 Å². The van der Waals surface area contributed by atoms with Crippen LogP contribution < -0.4 is 0 Å². The van der Waals surface area contributed by atoms with E-state index < -0.39 is 5.92 Å². The van der Waals surface area contributed by atoms with Crippen LogP contribution in [0.5, 0.6) is 0 Å². The SMILES string of the molecule is C=C(C)[C@H]1CC[C@H](C)C[C@@H]1C(C#N)C#N. The predicted molar refractivity (Wildman–Crippen MR) is 59.5 cm³/mol. The second-order valence-corrected chi connectivity index (χ2v) is 4.77. The van der Waals surface area contributed by atoms with Gasteiger partial charge < -0.3 is 0 Å². The van der Waals surface area contributed by atoms with Crippen LogP contribution in [-0.4, -0.2) is 0 Å². The van der Waals surface area contributed by atoms with Crippen LogP contribution in [0.1, 0.15) is 33.1 Å². The normalized spacial score (nSPS) is 30.6. The van der Waals surface area contributed by atoms with E-state index in [1.807, 2.05) is 6.92 Å². The maximum absolute atomic E-state index is 8.96. The van der Waals surface area contributed by atoms with Crippen LogP contribution in [0.3, 0.4) is 0 Å². The molecule has 1 rings (SSSR count). The lowest BCUT2D eigenvalue weighted by Crippen LogP contribution is -2.29. The number of hydrogen-bond acceptors (Lipinski definition) is 2. The zero-order valence-electron chi connectivity index (χ0n) is 9.53. The smallest absolute Gasteiger partial charge is 0.136 e. The van der Waals surface area contributed by atoms with Crippen molar-refractivity contribution >= 4 is 0 Å². The van der Waals surface area contributed by atoms with Crippen molar-refractivity contribution in [3.63, 3.8) is 0 Å². The van der Waals surface area contributed by atoms with Crippen LogP contribution in [-0.2, 0) is 0 Å². The van der Waals surface area contributed by atoms with Crippen molar-refractivity contribution in [1.29, 1.82) is 10.5 Å². The highest BCUT2D eigenvalue weighted by atomic mass is 14.4. The summed E-state index contributed by atoms with van der Waals surface area (Å²) >= 11 is 0. The molecule has 1 saturated carbocycles. The fourth-order valence-corrected chi connectivity index (χ4v) is 2.63. The van der Waals surface area contributed by atoms with Crippen LogP contribution >= 0.6 is 0 Å². The Hall–Kier alpha value is -1.28. The van der Waals surface area contributed by atoms with Crippen LogP contribution in [0, 0.1) is 46.3 Å². The minimum atomic E-state index is -0.463. The molecule has 0 aromatic heterocycles. The van der Waals surface area contributed by atoms with Gasteiger partial charge in [0.25, 0.3) is 0 Å². The summed E-state index contributed by atoms with van der Waals surface area (Å²) in [6.45, 7) is 8.20. The number of hydrogen-bond donors (Lipinski definition) is 0. The van der Waals surface area contributed by atoms with E-state index in [4.69, 9.17) is 10.5 Å². The third-order valence-electron chi connectivity index (χ3n) is 3.50. The molecule has 80 valence electrons. The number of nitrogens with zero attached hydrogens (tertiary/aromatic N) is 2. The van der Waals surface area contributed by atoms with Crippen molar-refractivity contribution < 1.29 is 0 Å². The van der Waals surface area contributed by atoms with Gasteiger partial charge in [0.1, 0.15) is 5.92 Å². The second-order valence-electron chi connectivity index (χ2n) is 4.77. The monoisotopic (exact) mass is 202 g/mol. The van der Waals surface area contributed by atoms with Gasteiger partial charge in [-0.25, -0.2) is 0 Å². The van der Waals surface area contributed by atoms with Crippen LogP contribution in [0.2, 0.25) is 0 Å². The summed E-state index contributed by atoms with van der Waals surface area (Å²) in [7, 11) is 0. The predicted octanol–water partition coefficient (Wildman–Crippen LogP) is 3.28. The Balaban J connectivity index is 2.84. The molecule has 0 heterocycles. The topological polar surface area (TPSA) is 47.6 Å². The van der Waals surface area contributed by atoms with Crippen LogP contribution in [0.4, 0.5) is 0 Å². The van der Waals surface area contributed by atoms with E-state index >= 15 is 0 Å². The Kier molecular flexibility index (Phi) is 3.92. The maximum atomic E-state index is 8.96. The van der Waals surface area contributed by atoms with Crippen molar-refractivity contribution in [3.05, 3.63) is 12.2 Å². The highest BCUT2D eigenvalue weighted by Crippen LogP contribution is 2.40. The summed E-state index contributed by atoms with van der Waals surface area (Å²) in [5, 5.41) is 17.9. The van der Waals surface area contributed by atoms with E-state index in [-0.39, 0.29) is 5.92 Å². The first kappa shape index (κ1) is 11.8. The van der Waals surface area contributed by atoms with Crippen molar-refractivity contribution in [1.82, 2.24) is 0 Å². The summed E-state index contributed by atoms with van der Waals surface area (Å²) in [6, 6.07) is 4.25. The Morgan fingerprint density at radius 3 is 2.40 bits per heavy atom. The lowest BCUT2D eigenvalue weighted by Gasteiger charge is -2.35. The first-order valence-corrected chi connectivity index (χ1v) is 5.54. The molecule has 0 saturated heterocycles. The fraction of sp³-hybridized carbons (Fsp3) is 0.692. The first-order chi connectivity index (χ1) is 7.10. The molecule has 3 atom stereocenters.